The molecule has 2 aromatic heterocycles. The molecule has 0 spiro atoms. The van der Waals surface area contributed by atoms with Crippen molar-refractivity contribution in [3.8, 4) is 10.7 Å². The Morgan fingerprint density at radius 2 is 2.43 bits per heavy atom. The van der Waals surface area contributed by atoms with Crippen molar-refractivity contribution in [1.29, 1.82) is 0 Å². The van der Waals surface area contributed by atoms with Crippen LogP contribution in [0, 0.1) is 0 Å². The lowest BCUT2D eigenvalue weighted by Gasteiger charge is -1.96. The first-order valence-electron chi connectivity index (χ1n) is 4.38. The molecule has 0 unspecified atom stereocenters. The molecule has 0 aliphatic rings. The van der Waals surface area contributed by atoms with E-state index in [1.807, 2.05) is 30.4 Å². The van der Waals surface area contributed by atoms with E-state index in [4.69, 9.17) is 0 Å². The van der Waals surface area contributed by atoms with E-state index in [1.54, 1.807) is 17.5 Å². The Kier molecular flexibility index (Phi) is 2.60. The summed E-state index contributed by atoms with van der Waals surface area (Å²) in [4.78, 5) is 4.26. The molecule has 0 fully saturated rings. The topological polar surface area (TPSA) is 42.7 Å². The molecule has 0 saturated heterocycles. The maximum Gasteiger partial charge on any atom is 0.143 e. The highest BCUT2D eigenvalue weighted by Crippen LogP contribution is 2.23. The third kappa shape index (κ3) is 1.69. The molecule has 0 bridgehead atoms. The minimum atomic E-state index is 0.822. The third-order valence-corrected chi connectivity index (χ3v) is 2.69. The van der Waals surface area contributed by atoms with Crippen LogP contribution in [0.4, 0.5) is 0 Å². The molecule has 74 valence electrons. The summed E-state index contributed by atoms with van der Waals surface area (Å²) in [6.45, 7) is 0.822. The van der Waals surface area contributed by atoms with Crippen molar-refractivity contribution >= 4 is 11.3 Å². The monoisotopic (exact) mass is 208 g/mol. The number of aromatic nitrogens is 3. The summed E-state index contributed by atoms with van der Waals surface area (Å²) in [7, 11) is 3.86. The largest absolute Gasteiger partial charge is 0.316 e. The van der Waals surface area contributed by atoms with Crippen molar-refractivity contribution in [3.63, 3.8) is 0 Å². The second-order valence-corrected chi connectivity index (χ2v) is 3.94. The smallest absolute Gasteiger partial charge is 0.143 e. The Morgan fingerprint density at radius 1 is 1.57 bits per heavy atom. The fraction of sp³-hybridized carbons (Fsp3) is 0.333. The molecule has 0 radical (unpaired) electrons. The lowest BCUT2D eigenvalue weighted by Crippen LogP contribution is -2.05. The SMILES string of the molecule is CNCc1cn(C)nc1-c1nccs1. The van der Waals surface area contributed by atoms with Gasteiger partial charge in [-0.05, 0) is 7.05 Å². The summed E-state index contributed by atoms with van der Waals surface area (Å²) in [5, 5.41) is 10.5. The summed E-state index contributed by atoms with van der Waals surface area (Å²) >= 11 is 1.61. The Morgan fingerprint density at radius 3 is 3.07 bits per heavy atom. The number of hydrogen-bond donors (Lipinski definition) is 1. The fourth-order valence-electron chi connectivity index (χ4n) is 1.38. The van der Waals surface area contributed by atoms with E-state index in [0.717, 1.165) is 17.2 Å². The van der Waals surface area contributed by atoms with Crippen molar-refractivity contribution in [2.24, 2.45) is 7.05 Å². The molecule has 2 rings (SSSR count). The summed E-state index contributed by atoms with van der Waals surface area (Å²) in [6.07, 6.45) is 3.82. The number of nitrogens with zero attached hydrogens (tertiary/aromatic N) is 3. The van der Waals surface area contributed by atoms with Gasteiger partial charge in [0.15, 0.2) is 0 Å². The average Bonchev–Trinajstić information content (AvgIpc) is 2.74. The van der Waals surface area contributed by atoms with Crippen LogP contribution >= 0.6 is 11.3 Å². The summed E-state index contributed by atoms with van der Waals surface area (Å²) in [5.41, 5.74) is 2.17. The van der Waals surface area contributed by atoms with Crippen LogP contribution in [0.1, 0.15) is 5.56 Å². The Hall–Kier alpha value is -1.20. The van der Waals surface area contributed by atoms with Crippen LogP contribution in [0.25, 0.3) is 10.7 Å². The number of aryl methyl sites for hydroxylation is 1. The second-order valence-electron chi connectivity index (χ2n) is 3.04. The molecular formula is C9H12N4S. The minimum absolute atomic E-state index is 0.822. The van der Waals surface area contributed by atoms with Gasteiger partial charge in [-0.1, -0.05) is 0 Å². The van der Waals surface area contributed by atoms with Gasteiger partial charge in [0.2, 0.25) is 0 Å². The predicted octanol–water partition coefficient (Wildman–Crippen LogP) is 1.26. The Balaban J connectivity index is 2.41. The van der Waals surface area contributed by atoms with Gasteiger partial charge in [-0.25, -0.2) is 4.98 Å². The van der Waals surface area contributed by atoms with Crippen molar-refractivity contribution in [3.05, 3.63) is 23.3 Å². The first-order chi connectivity index (χ1) is 6.81. The molecule has 0 aliphatic carbocycles. The normalized spacial score (nSPS) is 10.7. The van der Waals surface area contributed by atoms with Gasteiger partial charge >= 0.3 is 0 Å². The number of thiazole rings is 1. The van der Waals surface area contributed by atoms with Gasteiger partial charge in [0.25, 0.3) is 0 Å². The van der Waals surface area contributed by atoms with E-state index in [9.17, 15) is 0 Å². The average molecular weight is 208 g/mol. The van der Waals surface area contributed by atoms with Gasteiger partial charge in [-0.15, -0.1) is 11.3 Å². The van der Waals surface area contributed by atoms with E-state index in [2.05, 4.69) is 15.4 Å². The van der Waals surface area contributed by atoms with Crippen LogP contribution in [-0.4, -0.2) is 21.8 Å². The third-order valence-electron chi connectivity index (χ3n) is 1.91. The van der Waals surface area contributed by atoms with Crippen molar-refractivity contribution in [2.75, 3.05) is 7.05 Å². The molecule has 0 aliphatic heterocycles. The van der Waals surface area contributed by atoms with Gasteiger partial charge in [-0.2, -0.15) is 5.10 Å². The number of rotatable bonds is 3. The molecule has 0 amide bonds. The van der Waals surface area contributed by atoms with E-state index < -0.39 is 0 Å². The number of nitrogens with one attached hydrogen (secondary N) is 1. The Labute approximate surface area is 86.6 Å². The summed E-state index contributed by atoms with van der Waals surface area (Å²) in [6, 6.07) is 0. The predicted molar refractivity (Wildman–Crippen MR) is 57.1 cm³/mol. The molecule has 2 heterocycles. The van der Waals surface area contributed by atoms with Gasteiger partial charge in [0.05, 0.1) is 0 Å². The molecule has 14 heavy (non-hydrogen) atoms. The Bertz CT molecular complexity index is 404. The molecule has 5 heteroatoms. The van der Waals surface area contributed by atoms with Crippen LogP contribution in [0.2, 0.25) is 0 Å². The van der Waals surface area contributed by atoms with E-state index >= 15 is 0 Å². The van der Waals surface area contributed by atoms with Gasteiger partial charge in [0, 0.05) is 36.9 Å². The lowest BCUT2D eigenvalue weighted by atomic mass is 10.2. The highest BCUT2D eigenvalue weighted by atomic mass is 32.1. The highest BCUT2D eigenvalue weighted by Gasteiger charge is 2.10. The molecule has 0 aromatic carbocycles. The maximum atomic E-state index is 4.40. The standard InChI is InChI=1S/C9H12N4S/c1-10-5-7-6-13(2)12-8(7)9-11-3-4-14-9/h3-4,6,10H,5H2,1-2H3. The fourth-order valence-corrected chi connectivity index (χ4v) is 2.03. The first kappa shape index (κ1) is 9.36. The molecule has 0 atom stereocenters. The summed E-state index contributed by atoms with van der Waals surface area (Å²) in [5.74, 6) is 0. The minimum Gasteiger partial charge on any atom is -0.316 e. The molecule has 2 aromatic rings. The van der Waals surface area contributed by atoms with Gasteiger partial charge in [-0.3, -0.25) is 4.68 Å². The molecule has 1 N–H and O–H groups in total. The first-order valence-corrected chi connectivity index (χ1v) is 5.26. The van der Waals surface area contributed by atoms with Crippen LogP contribution in [0.3, 0.4) is 0 Å². The van der Waals surface area contributed by atoms with Crippen molar-refractivity contribution < 1.29 is 0 Å². The molecular weight excluding hydrogens is 196 g/mol. The van der Waals surface area contributed by atoms with Gasteiger partial charge in [0.1, 0.15) is 10.7 Å². The maximum absolute atomic E-state index is 4.40. The van der Waals surface area contributed by atoms with Gasteiger partial charge < -0.3 is 5.32 Å². The number of hydrogen-bond acceptors (Lipinski definition) is 4. The zero-order valence-corrected chi connectivity index (χ0v) is 9.01. The van der Waals surface area contributed by atoms with E-state index in [0.29, 0.717) is 0 Å². The quantitative estimate of drug-likeness (QED) is 0.826. The second kappa shape index (κ2) is 3.89. The van der Waals surface area contributed by atoms with Crippen LogP contribution in [-0.2, 0) is 13.6 Å². The zero-order chi connectivity index (χ0) is 9.97. The van der Waals surface area contributed by atoms with Crippen molar-refractivity contribution in [2.45, 2.75) is 6.54 Å². The molecule has 4 nitrogen and oxygen atoms in total. The zero-order valence-electron chi connectivity index (χ0n) is 8.19. The van der Waals surface area contributed by atoms with Crippen LogP contribution in [0.5, 0.6) is 0 Å². The van der Waals surface area contributed by atoms with Crippen LogP contribution < -0.4 is 5.32 Å². The molecule has 0 saturated carbocycles. The van der Waals surface area contributed by atoms with E-state index in [-0.39, 0.29) is 0 Å². The highest BCUT2D eigenvalue weighted by molar-refractivity contribution is 7.13. The lowest BCUT2D eigenvalue weighted by molar-refractivity contribution is 0.765. The van der Waals surface area contributed by atoms with Crippen molar-refractivity contribution in [1.82, 2.24) is 20.1 Å². The van der Waals surface area contributed by atoms with E-state index in [1.165, 1.54) is 5.56 Å². The summed E-state index contributed by atoms with van der Waals surface area (Å²) < 4.78 is 1.82. The van der Waals surface area contributed by atoms with Crippen LogP contribution in [0.15, 0.2) is 17.8 Å².